The van der Waals surface area contributed by atoms with Crippen molar-refractivity contribution >= 4 is 30.2 Å². The van der Waals surface area contributed by atoms with E-state index in [1.54, 1.807) is 6.92 Å². The quantitative estimate of drug-likeness (QED) is 0.170. The molecule has 0 radical (unpaired) electrons. The fourth-order valence-electron chi connectivity index (χ4n) is 3.38. The molecule has 1 rings (SSSR count). The number of hydrogen-bond donors (Lipinski definition) is 4. The number of carboxylic acid groups (broad SMARTS) is 1. The standard InChI is InChI=1S/C20H33ClO4S/c1-14(22)7-6-8-15(23)11-12-17-16(18(21)13-19(17)26)9-4-2-3-5-10-20(24)25/h2,4,11-12,14-19,22-23,26H,3,5-10,13H2,1H3,(H,24,25)/b4-2-,12-11+/t14-,15+,16-,17-,18-,19-/m1/s1. The summed E-state index contributed by atoms with van der Waals surface area (Å²) in [7, 11) is 0. The van der Waals surface area contributed by atoms with Gasteiger partial charge in [-0.15, -0.1) is 11.6 Å². The fraction of sp³-hybridized carbons (Fsp3) is 0.750. The van der Waals surface area contributed by atoms with E-state index in [2.05, 4.69) is 24.8 Å². The van der Waals surface area contributed by atoms with Gasteiger partial charge in [0.05, 0.1) is 12.2 Å². The fourth-order valence-corrected chi connectivity index (χ4v) is 4.52. The zero-order chi connectivity index (χ0) is 19.5. The molecular formula is C20H33ClO4S. The Labute approximate surface area is 167 Å². The number of halogens is 1. The largest absolute Gasteiger partial charge is 0.481 e. The van der Waals surface area contributed by atoms with Crippen LogP contribution in [0.1, 0.15) is 58.3 Å². The predicted octanol–water partition coefficient (Wildman–Crippen LogP) is 4.20. The van der Waals surface area contributed by atoms with Crippen LogP contribution < -0.4 is 0 Å². The highest BCUT2D eigenvalue weighted by Crippen LogP contribution is 2.42. The first-order chi connectivity index (χ1) is 12.3. The van der Waals surface area contributed by atoms with Gasteiger partial charge in [-0.25, -0.2) is 0 Å². The van der Waals surface area contributed by atoms with Crippen LogP contribution in [0.3, 0.4) is 0 Å². The lowest BCUT2D eigenvalue weighted by Gasteiger charge is -2.20. The summed E-state index contributed by atoms with van der Waals surface area (Å²) in [4.78, 5) is 10.5. The second-order valence-corrected chi connectivity index (χ2v) is 8.51. The number of hydrogen-bond acceptors (Lipinski definition) is 4. The van der Waals surface area contributed by atoms with Gasteiger partial charge in [0, 0.05) is 17.0 Å². The van der Waals surface area contributed by atoms with E-state index in [1.807, 2.05) is 12.2 Å². The smallest absolute Gasteiger partial charge is 0.303 e. The average Bonchev–Trinajstić information content (AvgIpc) is 2.81. The first-order valence-electron chi connectivity index (χ1n) is 9.54. The van der Waals surface area contributed by atoms with Crippen molar-refractivity contribution in [2.24, 2.45) is 11.8 Å². The number of aliphatic hydroxyl groups is 2. The number of carbonyl (C=O) groups is 1. The highest BCUT2D eigenvalue weighted by atomic mass is 35.5. The van der Waals surface area contributed by atoms with Crippen molar-refractivity contribution < 1.29 is 20.1 Å². The SMILES string of the molecule is C[C@@H](O)CCC[C@H](O)/C=C/[C@@H]1[C@@H](C/C=C\CCCC(=O)O)[C@H](Cl)C[C@H]1S. The first-order valence-corrected chi connectivity index (χ1v) is 10.5. The van der Waals surface area contributed by atoms with Crippen molar-refractivity contribution in [3.05, 3.63) is 24.3 Å². The van der Waals surface area contributed by atoms with Crippen LogP contribution in [0.15, 0.2) is 24.3 Å². The minimum absolute atomic E-state index is 0.0585. The second kappa shape index (κ2) is 12.8. The Balaban J connectivity index is 2.46. The van der Waals surface area contributed by atoms with Gasteiger partial charge in [0.2, 0.25) is 0 Å². The molecule has 0 spiro atoms. The number of unbranched alkanes of at least 4 members (excludes halogenated alkanes) is 1. The van der Waals surface area contributed by atoms with Crippen LogP contribution in [0.5, 0.6) is 0 Å². The van der Waals surface area contributed by atoms with Crippen LogP contribution >= 0.6 is 24.2 Å². The molecule has 0 heterocycles. The van der Waals surface area contributed by atoms with E-state index in [0.29, 0.717) is 19.3 Å². The number of rotatable bonds is 12. The van der Waals surface area contributed by atoms with Gasteiger partial charge in [0.1, 0.15) is 0 Å². The zero-order valence-electron chi connectivity index (χ0n) is 15.5. The first kappa shape index (κ1) is 23.5. The maximum absolute atomic E-state index is 10.5. The van der Waals surface area contributed by atoms with Crippen molar-refractivity contribution in [2.45, 2.75) is 81.1 Å². The molecule has 0 aliphatic heterocycles. The topological polar surface area (TPSA) is 77.8 Å². The van der Waals surface area contributed by atoms with E-state index in [1.165, 1.54) is 0 Å². The van der Waals surface area contributed by atoms with Crippen molar-refractivity contribution in [2.75, 3.05) is 0 Å². The highest BCUT2D eigenvalue weighted by molar-refractivity contribution is 7.81. The lowest BCUT2D eigenvalue weighted by atomic mass is 9.91. The third kappa shape index (κ3) is 9.45. The second-order valence-electron chi connectivity index (χ2n) is 7.29. The van der Waals surface area contributed by atoms with Crippen LogP contribution in [0, 0.1) is 11.8 Å². The van der Waals surface area contributed by atoms with Gasteiger partial charge in [-0.1, -0.05) is 24.3 Å². The molecular weight excluding hydrogens is 372 g/mol. The molecule has 1 aliphatic carbocycles. The summed E-state index contributed by atoms with van der Waals surface area (Å²) < 4.78 is 0. The van der Waals surface area contributed by atoms with Crippen LogP contribution in [-0.2, 0) is 4.79 Å². The van der Waals surface area contributed by atoms with Crippen molar-refractivity contribution in [1.29, 1.82) is 0 Å². The Morgan fingerprint density at radius 2 is 2.00 bits per heavy atom. The molecule has 4 nitrogen and oxygen atoms in total. The molecule has 0 saturated heterocycles. The number of alkyl halides is 1. The minimum Gasteiger partial charge on any atom is -0.481 e. The molecule has 0 aromatic rings. The van der Waals surface area contributed by atoms with Crippen LogP contribution in [-0.4, -0.2) is 44.1 Å². The molecule has 3 N–H and O–H groups in total. The predicted molar refractivity (Wildman–Crippen MR) is 110 cm³/mol. The molecule has 6 atom stereocenters. The van der Waals surface area contributed by atoms with Gasteiger partial charge in [0.25, 0.3) is 0 Å². The Bertz CT molecular complexity index is 467. The van der Waals surface area contributed by atoms with E-state index in [4.69, 9.17) is 16.7 Å². The molecule has 0 aromatic carbocycles. The van der Waals surface area contributed by atoms with E-state index < -0.39 is 12.1 Å². The zero-order valence-corrected chi connectivity index (χ0v) is 17.2. The highest BCUT2D eigenvalue weighted by Gasteiger charge is 2.38. The molecule has 1 saturated carbocycles. The molecule has 0 aromatic heterocycles. The summed E-state index contributed by atoms with van der Waals surface area (Å²) in [6.07, 6.45) is 12.6. The number of allylic oxidation sites excluding steroid dienone is 3. The number of aliphatic carboxylic acids is 1. The van der Waals surface area contributed by atoms with Crippen molar-refractivity contribution in [3.8, 4) is 0 Å². The number of aliphatic hydroxyl groups excluding tert-OH is 2. The van der Waals surface area contributed by atoms with Gasteiger partial charge in [-0.2, -0.15) is 12.6 Å². The number of carboxylic acids is 1. The average molecular weight is 405 g/mol. The molecule has 1 fully saturated rings. The number of thiol groups is 1. The van der Waals surface area contributed by atoms with E-state index in [9.17, 15) is 15.0 Å². The summed E-state index contributed by atoms with van der Waals surface area (Å²) in [5.41, 5.74) is 0. The third-order valence-electron chi connectivity index (χ3n) is 4.88. The lowest BCUT2D eigenvalue weighted by Crippen LogP contribution is -2.16. The Kier molecular flexibility index (Phi) is 11.6. The normalized spacial score (nSPS) is 28.8. The molecule has 150 valence electrons. The van der Waals surface area contributed by atoms with E-state index in [-0.39, 0.29) is 35.0 Å². The Morgan fingerprint density at radius 3 is 2.65 bits per heavy atom. The monoisotopic (exact) mass is 404 g/mol. The maximum atomic E-state index is 10.5. The van der Waals surface area contributed by atoms with Gasteiger partial charge in [-0.3, -0.25) is 4.79 Å². The van der Waals surface area contributed by atoms with Gasteiger partial charge >= 0.3 is 5.97 Å². The van der Waals surface area contributed by atoms with E-state index in [0.717, 1.165) is 25.7 Å². The van der Waals surface area contributed by atoms with Crippen LogP contribution in [0.2, 0.25) is 0 Å². The van der Waals surface area contributed by atoms with E-state index >= 15 is 0 Å². The van der Waals surface area contributed by atoms with Crippen molar-refractivity contribution in [1.82, 2.24) is 0 Å². The molecule has 0 bridgehead atoms. The Hall–Kier alpha value is -0.490. The van der Waals surface area contributed by atoms with Gasteiger partial charge < -0.3 is 15.3 Å². The molecule has 0 amide bonds. The molecule has 0 unspecified atom stereocenters. The summed E-state index contributed by atoms with van der Waals surface area (Å²) in [5, 5.41) is 28.2. The van der Waals surface area contributed by atoms with Crippen LogP contribution in [0.25, 0.3) is 0 Å². The molecule has 6 heteroatoms. The molecule has 1 aliphatic rings. The Morgan fingerprint density at radius 1 is 1.27 bits per heavy atom. The third-order valence-corrected chi connectivity index (χ3v) is 5.94. The maximum Gasteiger partial charge on any atom is 0.303 e. The summed E-state index contributed by atoms with van der Waals surface area (Å²) >= 11 is 11.2. The van der Waals surface area contributed by atoms with Crippen LogP contribution in [0.4, 0.5) is 0 Å². The van der Waals surface area contributed by atoms with Gasteiger partial charge in [-0.05, 0) is 63.7 Å². The summed E-state index contributed by atoms with van der Waals surface area (Å²) in [6.45, 7) is 1.76. The minimum atomic E-state index is -0.759. The van der Waals surface area contributed by atoms with Gasteiger partial charge in [0.15, 0.2) is 0 Å². The summed E-state index contributed by atoms with van der Waals surface area (Å²) in [6, 6.07) is 0. The lowest BCUT2D eigenvalue weighted by molar-refractivity contribution is -0.137. The summed E-state index contributed by atoms with van der Waals surface area (Å²) in [5.74, 6) is -0.267. The van der Waals surface area contributed by atoms with Crippen molar-refractivity contribution in [3.63, 3.8) is 0 Å². The molecule has 26 heavy (non-hydrogen) atoms.